The maximum absolute atomic E-state index is 11.1. The minimum absolute atomic E-state index is 0.0790. The first-order valence-electron chi connectivity index (χ1n) is 12.1. The van der Waals surface area contributed by atoms with Gasteiger partial charge in [-0.25, -0.2) is 0 Å². The fraction of sp³-hybridized carbons (Fsp3) is 0.519. The van der Waals surface area contributed by atoms with Gasteiger partial charge in [-0.1, -0.05) is 39.0 Å². The number of carbonyl (C=O) groups excluding carboxylic acids is 1. The van der Waals surface area contributed by atoms with Crippen LogP contribution in [0.15, 0.2) is 48.7 Å². The number of nitrogens with one attached hydrogen (secondary N) is 2. The molecule has 1 aliphatic carbocycles. The van der Waals surface area contributed by atoms with E-state index in [4.69, 9.17) is 0 Å². The van der Waals surface area contributed by atoms with Gasteiger partial charge in [-0.15, -0.1) is 10.2 Å². The second kappa shape index (κ2) is 9.64. The Labute approximate surface area is 197 Å². The molecule has 4 rings (SSSR count). The zero-order valence-corrected chi connectivity index (χ0v) is 20.4. The van der Waals surface area contributed by atoms with E-state index in [-0.39, 0.29) is 5.91 Å². The molecule has 1 unspecified atom stereocenters. The first kappa shape index (κ1) is 23.4. The molecular formula is C27H37N5O. The third-order valence-electron chi connectivity index (χ3n) is 7.01. The number of anilines is 2. The van der Waals surface area contributed by atoms with Crippen LogP contribution in [0.5, 0.6) is 0 Å². The smallest absolute Gasteiger partial charge is 0.221 e. The number of hydrogen-bond acceptors (Lipinski definition) is 5. The van der Waals surface area contributed by atoms with Crippen LogP contribution in [0.25, 0.3) is 11.3 Å². The van der Waals surface area contributed by atoms with Crippen LogP contribution in [0.1, 0.15) is 53.4 Å². The minimum atomic E-state index is -0.0790. The molecule has 6 nitrogen and oxygen atoms in total. The quantitative estimate of drug-likeness (QED) is 0.581. The molecule has 0 radical (unpaired) electrons. The highest BCUT2D eigenvalue weighted by Gasteiger charge is 2.53. The molecule has 1 saturated heterocycles. The highest BCUT2D eigenvalue weighted by molar-refractivity contribution is 5.88. The molecule has 1 aromatic heterocycles. The standard InChI is InChI=1S/C27H37N5O/c1-20(33)29-23-7-5-21(6-8-23)24-9-10-25(31-30-24)28-15-11-22-19-27(22)13-17-32(18-14-27)16-12-26(2,3)4/h5-11,15,22H,12-14,16-19H2,1-4H3,(H,28,31)(H,29,33)/b15-11+. The van der Waals surface area contributed by atoms with Crippen molar-refractivity contribution >= 4 is 17.4 Å². The van der Waals surface area contributed by atoms with E-state index in [9.17, 15) is 4.79 Å². The first-order valence-corrected chi connectivity index (χ1v) is 12.1. The van der Waals surface area contributed by atoms with E-state index in [0.717, 1.165) is 22.8 Å². The molecule has 6 heteroatoms. The molecule has 176 valence electrons. The molecule has 1 spiro atoms. The molecule has 33 heavy (non-hydrogen) atoms. The van der Waals surface area contributed by atoms with Crippen LogP contribution in [-0.4, -0.2) is 40.6 Å². The van der Waals surface area contributed by atoms with Gasteiger partial charge in [0.1, 0.15) is 0 Å². The van der Waals surface area contributed by atoms with Crippen LogP contribution >= 0.6 is 0 Å². The Hall–Kier alpha value is -2.73. The summed E-state index contributed by atoms with van der Waals surface area (Å²) in [5.74, 6) is 1.35. The molecule has 0 bridgehead atoms. The lowest BCUT2D eigenvalue weighted by atomic mass is 9.88. The van der Waals surface area contributed by atoms with E-state index >= 15 is 0 Å². The van der Waals surface area contributed by atoms with Gasteiger partial charge in [-0.2, -0.15) is 0 Å². The molecule has 1 amide bonds. The second-order valence-electron chi connectivity index (χ2n) is 10.9. The van der Waals surface area contributed by atoms with Crippen molar-refractivity contribution in [1.82, 2.24) is 15.1 Å². The van der Waals surface area contributed by atoms with E-state index in [0.29, 0.717) is 16.7 Å². The molecule has 1 aliphatic heterocycles. The predicted octanol–water partition coefficient (Wildman–Crippen LogP) is 5.57. The average molecular weight is 448 g/mol. The number of piperidine rings is 1. The van der Waals surface area contributed by atoms with Crippen molar-refractivity contribution in [2.24, 2.45) is 16.7 Å². The van der Waals surface area contributed by atoms with Gasteiger partial charge < -0.3 is 15.5 Å². The van der Waals surface area contributed by atoms with Crippen molar-refractivity contribution < 1.29 is 4.79 Å². The number of nitrogens with zero attached hydrogens (tertiary/aromatic N) is 3. The first-order chi connectivity index (χ1) is 15.7. The molecule has 2 fully saturated rings. The fourth-order valence-electron chi connectivity index (χ4n) is 4.68. The number of amides is 1. The second-order valence-corrected chi connectivity index (χ2v) is 10.9. The van der Waals surface area contributed by atoms with E-state index in [1.165, 1.54) is 52.2 Å². The Morgan fingerprint density at radius 2 is 1.85 bits per heavy atom. The average Bonchev–Trinajstić information content (AvgIpc) is 3.45. The number of hydrogen-bond donors (Lipinski definition) is 2. The van der Waals surface area contributed by atoms with Crippen LogP contribution in [0.4, 0.5) is 11.5 Å². The van der Waals surface area contributed by atoms with E-state index in [1.54, 1.807) is 0 Å². The molecule has 1 saturated carbocycles. The van der Waals surface area contributed by atoms with E-state index < -0.39 is 0 Å². The molecule has 1 atom stereocenters. The zero-order chi connectivity index (χ0) is 23.5. The highest BCUT2D eigenvalue weighted by atomic mass is 16.1. The third-order valence-corrected chi connectivity index (χ3v) is 7.01. The van der Waals surface area contributed by atoms with Gasteiger partial charge in [-0.3, -0.25) is 4.79 Å². The van der Waals surface area contributed by atoms with Crippen LogP contribution in [0, 0.1) is 16.7 Å². The van der Waals surface area contributed by atoms with Gasteiger partial charge in [-0.05, 0) is 92.5 Å². The van der Waals surface area contributed by atoms with Crippen LogP contribution in [-0.2, 0) is 4.79 Å². The van der Waals surface area contributed by atoms with Crippen molar-refractivity contribution in [2.75, 3.05) is 30.3 Å². The number of likely N-dealkylation sites (tertiary alicyclic amines) is 1. The zero-order valence-electron chi connectivity index (χ0n) is 20.4. The summed E-state index contributed by atoms with van der Waals surface area (Å²) in [5, 5.41) is 14.7. The molecule has 2 N–H and O–H groups in total. The normalized spacial score (nSPS) is 20.2. The van der Waals surface area contributed by atoms with Crippen molar-refractivity contribution in [3.05, 3.63) is 48.7 Å². The van der Waals surface area contributed by atoms with Gasteiger partial charge in [0.05, 0.1) is 5.69 Å². The summed E-state index contributed by atoms with van der Waals surface area (Å²) in [6, 6.07) is 11.5. The van der Waals surface area contributed by atoms with Gasteiger partial charge in [0.25, 0.3) is 0 Å². The van der Waals surface area contributed by atoms with Crippen molar-refractivity contribution in [3.8, 4) is 11.3 Å². The van der Waals surface area contributed by atoms with E-state index in [1.807, 2.05) is 42.6 Å². The Balaban J connectivity index is 1.23. The largest absolute Gasteiger partial charge is 0.345 e. The van der Waals surface area contributed by atoms with Gasteiger partial charge in [0.15, 0.2) is 5.82 Å². The number of benzene rings is 1. The Kier molecular flexibility index (Phi) is 6.84. The monoisotopic (exact) mass is 447 g/mol. The maximum atomic E-state index is 11.1. The number of rotatable bonds is 7. The highest BCUT2D eigenvalue weighted by Crippen LogP contribution is 2.60. The minimum Gasteiger partial charge on any atom is -0.345 e. The fourth-order valence-corrected chi connectivity index (χ4v) is 4.68. The Morgan fingerprint density at radius 3 is 2.45 bits per heavy atom. The van der Waals surface area contributed by atoms with Crippen LogP contribution < -0.4 is 10.6 Å². The number of allylic oxidation sites excluding steroid dienone is 1. The third kappa shape index (κ3) is 6.41. The molecule has 2 aliphatic rings. The van der Waals surface area contributed by atoms with Gasteiger partial charge in [0, 0.05) is 18.2 Å². The molecule has 1 aromatic carbocycles. The summed E-state index contributed by atoms with van der Waals surface area (Å²) < 4.78 is 0. The summed E-state index contributed by atoms with van der Waals surface area (Å²) in [7, 11) is 0. The maximum Gasteiger partial charge on any atom is 0.221 e. The lowest BCUT2D eigenvalue weighted by molar-refractivity contribution is -0.114. The molecular weight excluding hydrogens is 410 g/mol. The SMILES string of the molecule is CC(=O)Nc1ccc(-c2ccc(N/C=C/C3CC34CCN(CCC(C)(C)C)CC4)nn2)cc1. The summed E-state index contributed by atoms with van der Waals surface area (Å²) in [6.45, 7) is 12.2. The summed E-state index contributed by atoms with van der Waals surface area (Å²) in [5.41, 5.74) is 3.50. The Bertz CT molecular complexity index is 967. The molecule has 2 aromatic rings. The summed E-state index contributed by atoms with van der Waals surface area (Å²) >= 11 is 0. The van der Waals surface area contributed by atoms with Gasteiger partial charge in [0.2, 0.25) is 5.91 Å². The van der Waals surface area contributed by atoms with Crippen molar-refractivity contribution in [3.63, 3.8) is 0 Å². The lowest BCUT2D eigenvalue weighted by Gasteiger charge is -2.34. The van der Waals surface area contributed by atoms with Crippen molar-refractivity contribution in [2.45, 2.75) is 53.4 Å². The number of aromatic nitrogens is 2. The van der Waals surface area contributed by atoms with Crippen LogP contribution in [0.3, 0.4) is 0 Å². The van der Waals surface area contributed by atoms with E-state index in [2.05, 4.69) is 52.6 Å². The predicted molar refractivity (Wildman–Crippen MR) is 135 cm³/mol. The topological polar surface area (TPSA) is 70.2 Å². The van der Waals surface area contributed by atoms with Gasteiger partial charge >= 0.3 is 0 Å². The Morgan fingerprint density at radius 1 is 1.12 bits per heavy atom. The molecule has 2 heterocycles. The van der Waals surface area contributed by atoms with Crippen LogP contribution in [0.2, 0.25) is 0 Å². The van der Waals surface area contributed by atoms with Crippen molar-refractivity contribution in [1.29, 1.82) is 0 Å². The summed E-state index contributed by atoms with van der Waals surface area (Å²) in [6.07, 6.45) is 9.59. The lowest BCUT2D eigenvalue weighted by Crippen LogP contribution is -2.36. The summed E-state index contributed by atoms with van der Waals surface area (Å²) in [4.78, 5) is 13.8. The number of carbonyl (C=O) groups is 1.